The van der Waals surface area contributed by atoms with E-state index in [0.717, 1.165) is 11.3 Å². The van der Waals surface area contributed by atoms with Gasteiger partial charge in [-0.05, 0) is 54.1 Å². The highest BCUT2D eigenvalue weighted by molar-refractivity contribution is 6.30. The fourth-order valence-corrected chi connectivity index (χ4v) is 3.37. The largest absolute Gasteiger partial charge is 0.361 e. The third-order valence-corrected chi connectivity index (χ3v) is 4.98. The van der Waals surface area contributed by atoms with Gasteiger partial charge >= 0.3 is 0 Å². The van der Waals surface area contributed by atoms with Gasteiger partial charge in [0.25, 0.3) is 11.8 Å². The smallest absolute Gasteiger partial charge is 0.257 e. The van der Waals surface area contributed by atoms with Gasteiger partial charge < -0.3 is 15.5 Å². The lowest BCUT2D eigenvalue weighted by Gasteiger charge is -2.35. The molecule has 1 aliphatic rings. The monoisotopic (exact) mass is 391 g/mol. The van der Waals surface area contributed by atoms with Crippen LogP contribution in [0.3, 0.4) is 0 Å². The second kappa shape index (κ2) is 7.37. The van der Waals surface area contributed by atoms with Crippen LogP contribution in [0.4, 0.5) is 11.4 Å². The summed E-state index contributed by atoms with van der Waals surface area (Å²) in [4.78, 5) is 26.8. The third-order valence-electron chi connectivity index (χ3n) is 4.72. The number of rotatable bonds is 3. The summed E-state index contributed by atoms with van der Waals surface area (Å²) in [6.45, 7) is 0. The molecule has 0 spiro atoms. The van der Waals surface area contributed by atoms with Crippen molar-refractivity contribution < 1.29 is 9.59 Å². The molecule has 0 saturated heterocycles. The van der Waals surface area contributed by atoms with Gasteiger partial charge in [-0.15, -0.1) is 0 Å². The minimum absolute atomic E-state index is 0.0463. The van der Waals surface area contributed by atoms with Crippen LogP contribution in [-0.4, -0.2) is 23.8 Å². The Labute approximate surface area is 167 Å². The molecular weight excluding hydrogens is 374 g/mol. The van der Waals surface area contributed by atoms with Crippen molar-refractivity contribution in [2.24, 2.45) is 0 Å². The van der Waals surface area contributed by atoms with Gasteiger partial charge in [0.2, 0.25) is 0 Å². The third kappa shape index (κ3) is 3.44. The summed E-state index contributed by atoms with van der Waals surface area (Å²) in [5.41, 5.74) is 3.49. The zero-order valence-corrected chi connectivity index (χ0v) is 15.9. The fraction of sp³-hybridized carbons (Fsp3) is 0.0909. The molecule has 0 radical (unpaired) electrons. The number of anilines is 2. The van der Waals surface area contributed by atoms with Crippen molar-refractivity contribution in [2.75, 3.05) is 17.7 Å². The van der Waals surface area contributed by atoms with Gasteiger partial charge in [0, 0.05) is 29.0 Å². The van der Waals surface area contributed by atoms with E-state index in [2.05, 4.69) is 10.6 Å². The van der Waals surface area contributed by atoms with E-state index in [9.17, 15) is 9.59 Å². The number of nitrogens with one attached hydrogen (secondary N) is 2. The van der Waals surface area contributed by atoms with Crippen LogP contribution >= 0.6 is 11.6 Å². The second-order valence-electron chi connectivity index (χ2n) is 6.59. The molecule has 1 aliphatic heterocycles. The van der Waals surface area contributed by atoms with Crippen LogP contribution in [0.25, 0.3) is 0 Å². The van der Waals surface area contributed by atoms with Gasteiger partial charge in [0.1, 0.15) is 6.17 Å². The van der Waals surface area contributed by atoms with E-state index in [-0.39, 0.29) is 18.0 Å². The lowest BCUT2D eigenvalue weighted by atomic mass is 10.0. The molecule has 4 rings (SSSR count). The van der Waals surface area contributed by atoms with Crippen molar-refractivity contribution in [3.8, 4) is 0 Å². The van der Waals surface area contributed by atoms with Gasteiger partial charge in [0.15, 0.2) is 0 Å². The van der Waals surface area contributed by atoms with Gasteiger partial charge in [-0.25, -0.2) is 0 Å². The maximum atomic E-state index is 12.7. The van der Waals surface area contributed by atoms with Crippen molar-refractivity contribution in [3.63, 3.8) is 0 Å². The van der Waals surface area contributed by atoms with E-state index in [0.29, 0.717) is 21.8 Å². The van der Waals surface area contributed by atoms with Crippen molar-refractivity contribution in [2.45, 2.75) is 6.17 Å². The molecule has 0 unspecified atom stereocenters. The number of carbonyl (C=O) groups is 2. The molecule has 1 atom stereocenters. The maximum absolute atomic E-state index is 12.7. The summed E-state index contributed by atoms with van der Waals surface area (Å²) < 4.78 is 0. The topological polar surface area (TPSA) is 61.4 Å². The number of hydrogen-bond donors (Lipinski definition) is 2. The molecule has 3 aromatic carbocycles. The quantitative estimate of drug-likeness (QED) is 0.674. The summed E-state index contributed by atoms with van der Waals surface area (Å²) >= 11 is 5.87. The molecule has 3 aromatic rings. The Hall–Kier alpha value is -3.31. The first-order valence-corrected chi connectivity index (χ1v) is 9.20. The van der Waals surface area contributed by atoms with Crippen LogP contribution < -0.4 is 10.6 Å². The number of halogens is 1. The van der Waals surface area contributed by atoms with Crippen molar-refractivity contribution >= 4 is 34.8 Å². The number of benzene rings is 3. The Morgan fingerprint density at radius 2 is 1.79 bits per heavy atom. The Morgan fingerprint density at radius 3 is 2.57 bits per heavy atom. The summed E-state index contributed by atoms with van der Waals surface area (Å²) in [6, 6.07) is 21.6. The average Bonchev–Trinajstić information content (AvgIpc) is 2.71. The molecule has 28 heavy (non-hydrogen) atoms. The summed E-state index contributed by atoms with van der Waals surface area (Å²) in [7, 11) is 1.76. The lowest BCUT2D eigenvalue weighted by Crippen LogP contribution is -2.40. The van der Waals surface area contributed by atoms with Crippen LogP contribution in [0, 0.1) is 0 Å². The predicted molar refractivity (Wildman–Crippen MR) is 111 cm³/mol. The molecule has 6 heteroatoms. The number of hydrogen-bond acceptors (Lipinski definition) is 3. The summed E-state index contributed by atoms with van der Waals surface area (Å²) in [5, 5.41) is 6.86. The highest BCUT2D eigenvalue weighted by Crippen LogP contribution is 2.32. The Bertz CT molecular complexity index is 1050. The van der Waals surface area contributed by atoms with Gasteiger partial charge in [0.05, 0.1) is 5.56 Å². The van der Waals surface area contributed by atoms with E-state index >= 15 is 0 Å². The molecule has 0 saturated carbocycles. The van der Waals surface area contributed by atoms with Gasteiger partial charge in [-0.3, -0.25) is 9.59 Å². The molecule has 2 amide bonds. The first-order chi connectivity index (χ1) is 13.5. The number of fused-ring (bicyclic) bond motifs is 1. The highest BCUT2D eigenvalue weighted by Gasteiger charge is 2.30. The van der Waals surface area contributed by atoms with E-state index in [4.69, 9.17) is 11.6 Å². The number of para-hydroxylation sites is 1. The minimum atomic E-state index is -0.324. The first-order valence-electron chi connectivity index (χ1n) is 8.82. The van der Waals surface area contributed by atoms with Crippen molar-refractivity contribution in [1.29, 1.82) is 0 Å². The van der Waals surface area contributed by atoms with Crippen LogP contribution in [0.2, 0.25) is 5.02 Å². The predicted octanol–water partition coefficient (Wildman–Crippen LogP) is 4.79. The molecule has 5 nitrogen and oxygen atoms in total. The molecule has 0 aliphatic carbocycles. The van der Waals surface area contributed by atoms with Gasteiger partial charge in [-0.2, -0.15) is 0 Å². The minimum Gasteiger partial charge on any atom is -0.361 e. The summed E-state index contributed by atoms with van der Waals surface area (Å²) in [5.74, 6) is -0.268. The zero-order valence-electron chi connectivity index (χ0n) is 15.1. The SMILES string of the molecule is CN1C(=O)c2ccccc2N[C@H]1c1cccc(NC(=O)c2ccc(Cl)cc2)c1. The standard InChI is InChI=1S/C22H18ClN3O2/c1-26-20(25-19-8-3-2-7-18(19)22(26)28)15-5-4-6-17(13-15)24-21(27)14-9-11-16(23)12-10-14/h2-13,20,25H,1H3,(H,24,27)/t20-/m1/s1. The lowest BCUT2D eigenvalue weighted by molar-refractivity contribution is 0.0735. The molecule has 140 valence electrons. The highest BCUT2D eigenvalue weighted by atomic mass is 35.5. The van der Waals surface area contributed by atoms with Crippen LogP contribution in [0.15, 0.2) is 72.8 Å². The van der Waals surface area contributed by atoms with Crippen LogP contribution in [0.5, 0.6) is 0 Å². The van der Waals surface area contributed by atoms with E-state index in [1.165, 1.54) is 0 Å². The normalized spacial score (nSPS) is 15.6. The first kappa shape index (κ1) is 18.1. The van der Waals surface area contributed by atoms with Crippen LogP contribution in [-0.2, 0) is 0 Å². The average molecular weight is 392 g/mol. The summed E-state index contributed by atoms with van der Waals surface area (Å²) in [6.07, 6.45) is -0.324. The molecule has 2 N–H and O–H groups in total. The van der Waals surface area contributed by atoms with E-state index in [1.54, 1.807) is 42.3 Å². The molecule has 0 aromatic heterocycles. The number of carbonyl (C=O) groups excluding carboxylic acids is 2. The number of nitrogens with zero attached hydrogens (tertiary/aromatic N) is 1. The Morgan fingerprint density at radius 1 is 1.04 bits per heavy atom. The van der Waals surface area contributed by atoms with Crippen molar-refractivity contribution in [3.05, 3.63) is 94.5 Å². The van der Waals surface area contributed by atoms with E-state index < -0.39 is 0 Å². The van der Waals surface area contributed by atoms with Crippen molar-refractivity contribution in [1.82, 2.24) is 4.90 Å². The molecule has 0 fully saturated rings. The molecule has 1 heterocycles. The number of amides is 2. The Balaban J connectivity index is 1.58. The van der Waals surface area contributed by atoms with E-state index in [1.807, 2.05) is 42.5 Å². The van der Waals surface area contributed by atoms with Crippen LogP contribution in [0.1, 0.15) is 32.4 Å². The Kier molecular flexibility index (Phi) is 4.75. The second-order valence-corrected chi connectivity index (χ2v) is 7.03. The van der Waals surface area contributed by atoms with Gasteiger partial charge in [-0.1, -0.05) is 35.9 Å². The fourth-order valence-electron chi connectivity index (χ4n) is 3.24. The molecular formula is C22H18ClN3O2. The maximum Gasteiger partial charge on any atom is 0.257 e. The zero-order chi connectivity index (χ0) is 19.7. The molecule has 0 bridgehead atoms.